The number of hydrogen-bond acceptors (Lipinski definition) is 3. The molecule has 1 aliphatic carbocycles. The minimum absolute atomic E-state index is 0.150. The van der Waals surface area contributed by atoms with E-state index in [2.05, 4.69) is 16.3 Å². The van der Waals surface area contributed by atoms with Gasteiger partial charge in [-0.25, -0.2) is 0 Å². The van der Waals surface area contributed by atoms with E-state index in [-0.39, 0.29) is 5.91 Å². The smallest absolute Gasteiger partial charge is 0.239 e. The SMILES string of the molecule is Nc1cccc2c1CCN2CC(=O)NC1CCCCCC1. The highest BCUT2D eigenvalue weighted by atomic mass is 16.2. The molecule has 1 amide bonds. The van der Waals surface area contributed by atoms with Gasteiger partial charge in [-0.1, -0.05) is 31.7 Å². The number of nitrogens with two attached hydrogens (primary N) is 1. The summed E-state index contributed by atoms with van der Waals surface area (Å²) in [5.74, 6) is 0.150. The standard InChI is InChI=1S/C17H25N3O/c18-15-8-5-9-16-14(15)10-11-20(16)12-17(21)19-13-6-3-1-2-4-7-13/h5,8-9,13H,1-4,6-7,10-12,18H2,(H,19,21). The highest BCUT2D eigenvalue weighted by Gasteiger charge is 2.23. The Labute approximate surface area is 126 Å². The molecule has 0 radical (unpaired) electrons. The lowest BCUT2D eigenvalue weighted by Crippen LogP contribution is -2.41. The molecule has 0 atom stereocenters. The molecule has 1 aliphatic heterocycles. The van der Waals surface area contributed by atoms with Crippen molar-refractivity contribution in [3.8, 4) is 0 Å². The van der Waals surface area contributed by atoms with Gasteiger partial charge in [0, 0.05) is 29.5 Å². The molecule has 1 aromatic carbocycles. The molecule has 3 rings (SSSR count). The van der Waals surface area contributed by atoms with Gasteiger partial charge in [0.2, 0.25) is 5.91 Å². The second-order valence-corrected chi connectivity index (χ2v) is 6.27. The Morgan fingerprint density at radius 2 is 2.00 bits per heavy atom. The topological polar surface area (TPSA) is 58.4 Å². The van der Waals surface area contributed by atoms with Crippen LogP contribution in [0.15, 0.2) is 18.2 Å². The number of carbonyl (C=O) groups excluding carboxylic acids is 1. The van der Waals surface area contributed by atoms with Crippen molar-refractivity contribution in [1.29, 1.82) is 0 Å². The Kier molecular flexibility index (Phi) is 4.32. The van der Waals surface area contributed by atoms with Crippen molar-refractivity contribution < 1.29 is 4.79 Å². The van der Waals surface area contributed by atoms with Crippen molar-refractivity contribution >= 4 is 17.3 Å². The second kappa shape index (κ2) is 6.37. The Balaban J connectivity index is 1.58. The minimum atomic E-state index is 0.150. The van der Waals surface area contributed by atoms with E-state index in [0.29, 0.717) is 12.6 Å². The highest BCUT2D eigenvalue weighted by Crippen LogP contribution is 2.31. The molecule has 114 valence electrons. The summed E-state index contributed by atoms with van der Waals surface area (Å²) in [6, 6.07) is 6.35. The van der Waals surface area contributed by atoms with E-state index in [1.165, 1.54) is 31.2 Å². The molecule has 1 aromatic rings. The van der Waals surface area contributed by atoms with Crippen LogP contribution in [0, 0.1) is 0 Å². The third kappa shape index (κ3) is 3.31. The Hall–Kier alpha value is -1.71. The van der Waals surface area contributed by atoms with Crippen LogP contribution >= 0.6 is 0 Å². The molecule has 1 saturated carbocycles. The zero-order valence-corrected chi connectivity index (χ0v) is 12.6. The van der Waals surface area contributed by atoms with Gasteiger partial charge in [0.25, 0.3) is 0 Å². The molecule has 0 saturated heterocycles. The molecule has 0 aromatic heterocycles. The summed E-state index contributed by atoms with van der Waals surface area (Å²) in [5, 5.41) is 3.22. The number of amides is 1. The number of rotatable bonds is 3. The third-order valence-corrected chi connectivity index (χ3v) is 4.71. The van der Waals surface area contributed by atoms with Crippen LogP contribution in [-0.4, -0.2) is 25.0 Å². The van der Waals surface area contributed by atoms with Gasteiger partial charge in [0.1, 0.15) is 0 Å². The van der Waals surface area contributed by atoms with Crippen molar-refractivity contribution in [2.45, 2.75) is 51.0 Å². The average molecular weight is 287 g/mol. The Morgan fingerprint density at radius 3 is 2.76 bits per heavy atom. The lowest BCUT2D eigenvalue weighted by Gasteiger charge is -2.22. The van der Waals surface area contributed by atoms with Gasteiger partial charge >= 0.3 is 0 Å². The van der Waals surface area contributed by atoms with Gasteiger partial charge in [0.05, 0.1) is 6.54 Å². The van der Waals surface area contributed by atoms with E-state index in [1.54, 1.807) is 0 Å². The fourth-order valence-corrected chi connectivity index (χ4v) is 3.56. The fourth-order valence-electron chi connectivity index (χ4n) is 3.56. The van der Waals surface area contributed by atoms with Crippen molar-refractivity contribution in [2.24, 2.45) is 0 Å². The van der Waals surface area contributed by atoms with Crippen LogP contribution in [0.3, 0.4) is 0 Å². The van der Waals surface area contributed by atoms with Gasteiger partial charge in [-0.15, -0.1) is 0 Å². The number of nitrogen functional groups attached to an aromatic ring is 1. The predicted octanol–water partition coefficient (Wildman–Crippen LogP) is 2.47. The van der Waals surface area contributed by atoms with E-state index >= 15 is 0 Å². The first kappa shape index (κ1) is 14.2. The predicted molar refractivity (Wildman–Crippen MR) is 86.4 cm³/mol. The molecule has 0 bridgehead atoms. The summed E-state index contributed by atoms with van der Waals surface area (Å²) in [5.41, 5.74) is 9.18. The van der Waals surface area contributed by atoms with Crippen LogP contribution in [0.1, 0.15) is 44.1 Å². The lowest BCUT2D eigenvalue weighted by molar-refractivity contribution is -0.120. The number of anilines is 2. The van der Waals surface area contributed by atoms with Crippen molar-refractivity contribution in [2.75, 3.05) is 23.7 Å². The molecule has 0 spiro atoms. The molecule has 3 N–H and O–H groups in total. The van der Waals surface area contributed by atoms with E-state index in [9.17, 15) is 4.79 Å². The van der Waals surface area contributed by atoms with Crippen molar-refractivity contribution in [3.63, 3.8) is 0 Å². The zero-order chi connectivity index (χ0) is 14.7. The molecule has 4 nitrogen and oxygen atoms in total. The summed E-state index contributed by atoms with van der Waals surface area (Å²) < 4.78 is 0. The van der Waals surface area contributed by atoms with Gasteiger partial charge in [-0.3, -0.25) is 4.79 Å². The van der Waals surface area contributed by atoms with Crippen LogP contribution in [0.5, 0.6) is 0 Å². The molecule has 1 heterocycles. The van der Waals surface area contributed by atoms with Gasteiger partial charge in [0.15, 0.2) is 0 Å². The molecule has 2 aliphatic rings. The van der Waals surface area contributed by atoms with Gasteiger partial charge in [-0.05, 0) is 31.4 Å². The summed E-state index contributed by atoms with van der Waals surface area (Å²) in [7, 11) is 0. The van der Waals surface area contributed by atoms with Gasteiger partial charge < -0.3 is 16.0 Å². The molecule has 4 heteroatoms. The van der Waals surface area contributed by atoms with Gasteiger partial charge in [-0.2, -0.15) is 0 Å². The Morgan fingerprint density at radius 1 is 1.24 bits per heavy atom. The van der Waals surface area contributed by atoms with Crippen molar-refractivity contribution in [1.82, 2.24) is 5.32 Å². The monoisotopic (exact) mass is 287 g/mol. The lowest BCUT2D eigenvalue weighted by atomic mass is 10.1. The first-order valence-corrected chi connectivity index (χ1v) is 8.16. The molecule has 21 heavy (non-hydrogen) atoms. The number of nitrogens with zero attached hydrogens (tertiary/aromatic N) is 1. The van der Waals surface area contributed by atoms with E-state index < -0.39 is 0 Å². The van der Waals surface area contributed by atoms with E-state index in [0.717, 1.165) is 37.2 Å². The maximum atomic E-state index is 12.3. The summed E-state index contributed by atoms with van der Waals surface area (Å²) in [4.78, 5) is 14.4. The fraction of sp³-hybridized carbons (Fsp3) is 0.588. The number of benzene rings is 1. The maximum Gasteiger partial charge on any atom is 0.239 e. The minimum Gasteiger partial charge on any atom is -0.398 e. The largest absolute Gasteiger partial charge is 0.398 e. The normalized spacial score (nSPS) is 19.1. The van der Waals surface area contributed by atoms with E-state index in [1.807, 2.05) is 12.1 Å². The molecule has 1 fully saturated rings. The summed E-state index contributed by atoms with van der Waals surface area (Å²) in [6.07, 6.45) is 8.32. The number of fused-ring (bicyclic) bond motifs is 1. The summed E-state index contributed by atoms with van der Waals surface area (Å²) in [6.45, 7) is 1.34. The first-order valence-electron chi connectivity index (χ1n) is 8.16. The van der Waals surface area contributed by atoms with E-state index in [4.69, 9.17) is 5.73 Å². The van der Waals surface area contributed by atoms with Crippen LogP contribution < -0.4 is 16.0 Å². The number of carbonyl (C=O) groups is 1. The van der Waals surface area contributed by atoms with Crippen LogP contribution in [-0.2, 0) is 11.2 Å². The van der Waals surface area contributed by atoms with Crippen molar-refractivity contribution in [3.05, 3.63) is 23.8 Å². The second-order valence-electron chi connectivity index (χ2n) is 6.27. The molecular formula is C17H25N3O. The molecular weight excluding hydrogens is 262 g/mol. The zero-order valence-electron chi connectivity index (χ0n) is 12.6. The third-order valence-electron chi connectivity index (χ3n) is 4.71. The molecule has 0 unspecified atom stereocenters. The Bertz CT molecular complexity index is 507. The number of nitrogens with one attached hydrogen (secondary N) is 1. The summed E-state index contributed by atoms with van der Waals surface area (Å²) >= 11 is 0. The van der Waals surface area contributed by atoms with Crippen LogP contribution in [0.4, 0.5) is 11.4 Å². The quantitative estimate of drug-likeness (QED) is 0.663. The first-order chi connectivity index (χ1) is 10.2. The van der Waals surface area contributed by atoms with Crippen LogP contribution in [0.2, 0.25) is 0 Å². The number of hydrogen-bond donors (Lipinski definition) is 2. The maximum absolute atomic E-state index is 12.3. The van der Waals surface area contributed by atoms with Crippen LogP contribution in [0.25, 0.3) is 0 Å². The highest BCUT2D eigenvalue weighted by molar-refractivity contribution is 5.83. The average Bonchev–Trinajstić information content (AvgIpc) is 2.70.